The molecular formula is C19H22FN3O. The van der Waals surface area contributed by atoms with E-state index in [-0.39, 0.29) is 17.6 Å². The zero-order valence-corrected chi connectivity index (χ0v) is 13.6. The molecule has 24 heavy (non-hydrogen) atoms. The average molecular weight is 327 g/mol. The number of hydrogen-bond acceptors (Lipinski definition) is 3. The molecule has 0 radical (unpaired) electrons. The van der Waals surface area contributed by atoms with Gasteiger partial charge in [0, 0.05) is 37.9 Å². The minimum atomic E-state index is -0.259. The molecule has 4 nitrogen and oxygen atoms in total. The van der Waals surface area contributed by atoms with E-state index in [0.29, 0.717) is 19.5 Å². The van der Waals surface area contributed by atoms with Gasteiger partial charge in [-0.25, -0.2) is 4.39 Å². The predicted octanol–water partition coefficient (Wildman–Crippen LogP) is 2.40. The summed E-state index contributed by atoms with van der Waals surface area (Å²) in [5.41, 5.74) is 1.91. The van der Waals surface area contributed by atoms with Crippen molar-refractivity contribution in [3.63, 3.8) is 0 Å². The molecule has 126 valence electrons. The maximum Gasteiger partial charge on any atom is 0.227 e. The third-order valence-corrected chi connectivity index (χ3v) is 4.37. The number of carbonyl (C=O) groups is 1. The van der Waals surface area contributed by atoms with Gasteiger partial charge in [0.2, 0.25) is 5.91 Å². The Hall–Kier alpha value is -2.27. The number of nitrogens with one attached hydrogen (secondary N) is 1. The van der Waals surface area contributed by atoms with Gasteiger partial charge in [0.1, 0.15) is 5.82 Å². The number of halogens is 1. The van der Waals surface area contributed by atoms with Gasteiger partial charge in [0.05, 0.1) is 5.92 Å². The van der Waals surface area contributed by atoms with Crippen LogP contribution in [0.3, 0.4) is 0 Å². The van der Waals surface area contributed by atoms with Crippen LogP contribution in [0.4, 0.5) is 4.39 Å². The summed E-state index contributed by atoms with van der Waals surface area (Å²) in [6, 6.07) is 12.2. The number of benzene rings is 1. The summed E-state index contributed by atoms with van der Waals surface area (Å²) in [6.07, 6.45) is 3.36. The van der Waals surface area contributed by atoms with Crippen molar-refractivity contribution in [2.75, 3.05) is 19.6 Å². The van der Waals surface area contributed by atoms with E-state index in [9.17, 15) is 9.18 Å². The Labute approximate surface area is 141 Å². The van der Waals surface area contributed by atoms with Crippen molar-refractivity contribution in [2.45, 2.75) is 19.4 Å². The lowest BCUT2D eigenvalue weighted by molar-refractivity contribution is -0.135. The van der Waals surface area contributed by atoms with E-state index >= 15 is 0 Å². The standard InChI is InChI=1S/C19H22FN3O/c20-17-6-4-15(5-7-17)14-23(19(24)16-8-11-21-13-16)12-9-18-3-1-2-10-22-18/h1-7,10,16,21H,8-9,11-14H2. The molecule has 1 N–H and O–H groups in total. The maximum atomic E-state index is 13.1. The van der Waals surface area contributed by atoms with E-state index in [2.05, 4.69) is 10.3 Å². The second-order valence-corrected chi connectivity index (χ2v) is 6.15. The molecule has 2 aromatic rings. The van der Waals surface area contributed by atoms with Gasteiger partial charge in [-0.15, -0.1) is 0 Å². The Morgan fingerprint density at radius 3 is 2.75 bits per heavy atom. The molecule has 2 heterocycles. The van der Waals surface area contributed by atoms with Gasteiger partial charge in [-0.3, -0.25) is 9.78 Å². The van der Waals surface area contributed by atoms with Gasteiger partial charge in [-0.2, -0.15) is 0 Å². The van der Waals surface area contributed by atoms with Crippen LogP contribution < -0.4 is 5.32 Å². The Balaban J connectivity index is 1.69. The van der Waals surface area contributed by atoms with Crippen molar-refractivity contribution in [3.8, 4) is 0 Å². The van der Waals surface area contributed by atoms with E-state index in [1.54, 1.807) is 18.3 Å². The molecule has 1 unspecified atom stereocenters. The number of nitrogens with zero attached hydrogens (tertiary/aromatic N) is 2. The van der Waals surface area contributed by atoms with Crippen molar-refractivity contribution in [2.24, 2.45) is 5.92 Å². The Bertz CT molecular complexity index is 654. The minimum absolute atomic E-state index is 0.0363. The first kappa shape index (κ1) is 16.6. The fourth-order valence-corrected chi connectivity index (χ4v) is 3.00. The van der Waals surface area contributed by atoms with Crippen LogP contribution in [-0.4, -0.2) is 35.4 Å². The van der Waals surface area contributed by atoms with Crippen molar-refractivity contribution in [1.82, 2.24) is 15.2 Å². The molecule has 1 aliphatic rings. The van der Waals surface area contributed by atoms with Crippen molar-refractivity contribution in [3.05, 3.63) is 65.7 Å². The van der Waals surface area contributed by atoms with Gasteiger partial charge >= 0.3 is 0 Å². The maximum absolute atomic E-state index is 13.1. The van der Waals surface area contributed by atoms with Crippen molar-refractivity contribution < 1.29 is 9.18 Å². The molecule has 1 aromatic heterocycles. The number of amides is 1. The molecule has 1 aliphatic heterocycles. The van der Waals surface area contributed by atoms with Crippen LogP contribution in [0, 0.1) is 11.7 Å². The molecule has 0 saturated carbocycles. The van der Waals surface area contributed by atoms with Crippen LogP contribution in [0.25, 0.3) is 0 Å². The monoisotopic (exact) mass is 327 g/mol. The topological polar surface area (TPSA) is 45.2 Å². The van der Waals surface area contributed by atoms with E-state index in [4.69, 9.17) is 0 Å². The molecule has 3 rings (SSSR count). The second kappa shape index (κ2) is 8.02. The fourth-order valence-electron chi connectivity index (χ4n) is 3.00. The highest BCUT2D eigenvalue weighted by molar-refractivity contribution is 5.79. The van der Waals surface area contributed by atoms with E-state index in [0.717, 1.165) is 30.8 Å². The minimum Gasteiger partial charge on any atom is -0.338 e. The lowest BCUT2D eigenvalue weighted by Gasteiger charge is -2.25. The summed E-state index contributed by atoms with van der Waals surface area (Å²) in [7, 11) is 0. The number of pyridine rings is 1. The summed E-state index contributed by atoms with van der Waals surface area (Å²) in [4.78, 5) is 19.0. The quantitative estimate of drug-likeness (QED) is 0.886. The van der Waals surface area contributed by atoms with Gasteiger partial charge in [0.15, 0.2) is 0 Å². The van der Waals surface area contributed by atoms with E-state index in [1.807, 2.05) is 23.1 Å². The largest absolute Gasteiger partial charge is 0.338 e. The van der Waals surface area contributed by atoms with Gasteiger partial charge in [0.25, 0.3) is 0 Å². The normalized spacial score (nSPS) is 17.0. The highest BCUT2D eigenvalue weighted by Gasteiger charge is 2.27. The molecule has 1 aromatic carbocycles. The lowest BCUT2D eigenvalue weighted by Crippen LogP contribution is -2.38. The number of aromatic nitrogens is 1. The highest BCUT2D eigenvalue weighted by atomic mass is 19.1. The Kier molecular flexibility index (Phi) is 5.54. The van der Waals surface area contributed by atoms with Crippen LogP contribution >= 0.6 is 0 Å². The molecule has 5 heteroatoms. The highest BCUT2D eigenvalue weighted by Crippen LogP contribution is 2.15. The predicted molar refractivity (Wildman–Crippen MR) is 90.7 cm³/mol. The number of hydrogen-bond donors (Lipinski definition) is 1. The molecule has 1 saturated heterocycles. The third-order valence-electron chi connectivity index (χ3n) is 4.37. The summed E-state index contributed by atoms with van der Waals surface area (Å²) in [6.45, 7) is 2.75. The molecule has 1 amide bonds. The summed E-state index contributed by atoms with van der Waals surface area (Å²) >= 11 is 0. The summed E-state index contributed by atoms with van der Waals surface area (Å²) < 4.78 is 13.1. The zero-order chi connectivity index (χ0) is 16.8. The summed E-state index contributed by atoms with van der Waals surface area (Å²) in [5.74, 6) is -0.0560. The molecule has 0 bridgehead atoms. The van der Waals surface area contributed by atoms with Crippen LogP contribution in [0.15, 0.2) is 48.7 Å². The first-order valence-electron chi connectivity index (χ1n) is 8.36. The number of carbonyl (C=O) groups excluding carboxylic acids is 1. The third kappa shape index (κ3) is 4.38. The fraction of sp³-hybridized carbons (Fsp3) is 0.368. The van der Waals surface area contributed by atoms with Crippen LogP contribution in [0.1, 0.15) is 17.7 Å². The zero-order valence-electron chi connectivity index (χ0n) is 13.6. The molecule has 1 atom stereocenters. The SMILES string of the molecule is O=C(C1CCNC1)N(CCc1ccccn1)Cc1ccc(F)cc1. The van der Waals surface area contributed by atoms with Crippen LogP contribution in [-0.2, 0) is 17.8 Å². The van der Waals surface area contributed by atoms with Gasteiger partial charge < -0.3 is 10.2 Å². The smallest absolute Gasteiger partial charge is 0.227 e. The molecular weight excluding hydrogens is 305 g/mol. The Morgan fingerprint density at radius 2 is 2.08 bits per heavy atom. The molecule has 0 aliphatic carbocycles. The van der Waals surface area contributed by atoms with Crippen LogP contribution in [0.2, 0.25) is 0 Å². The number of rotatable bonds is 6. The summed E-state index contributed by atoms with van der Waals surface area (Å²) in [5, 5.41) is 3.24. The second-order valence-electron chi connectivity index (χ2n) is 6.15. The first-order chi connectivity index (χ1) is 11.7. The van der Waals surface area contributed by atoms with E-state index in [1.165, 1.54) is 12.1 Å². The van der Waals surface area contributed by atoms with Gasteiger partial charge in [-0.1, -0.05) is 18.2 Å². The first-order valence-corrected chi connectivity index (χ1v) is 8.36. The van der Waals surface area contributed by atoms with Crippen molar-refractivity contribution >= 4 is 5.91 Å². The molecule has 1 fully saturated rings. The average Bonchev–Trinajstić information content (AvgIpc) is 3.15. The van der Waals surface area contributed by atoms with E-state index < -0.39 is 0 Å². The van der Waals surface area contributed by atoms with Crippen molar-refractivity contribution in [1.29, 1.82) is 0 Å². The Morgan fingerprint density at radius 1 is 1.25 bits per heavy atom. The van der Waals surface area contributed by atoms with Gasteiger partial charge in [-0.05, 0) is 42.8 Å². The van der Waals surface area contributed by atoms with Crippen LogP contribution in [0.5, 0.6) is 0 Å². The molecule has 0 spiro atoms. The lowest BCUT2D eigenvalue weighted by atomic mass is 10.1.